The summed E-state index contributed by atoms with van der Waals surface area (Å²) >= 11 is 0. The molecule has 0 heterocycles. The summed E-state index contributed by atoms with van der Waals surface area (Å²) in [5, 5.41) is 2.81. The summed E-state index contributed by atoms with van der Waals surface area (Å²) in [7, 11) is 0. The maximum atomic E-state index is 5.10. The third-order valence-electron chi connectivity index (χ3n) is 0.631. The van der Waals surface area contributed by atoms with Crippen LogP contribution < -0.4 is 16.8 Å². The summed E-state index contributed by atoms with van der Waals surface area (Å²) in [6, 6.07) is 0. The molecule has 0 aliphatic rings. The lowest BCUT2D eigenvalue weighted by Crippen LogP contribution is -2.20. The summed E-state index contributed by atoms with van der Waals surface area (Å²) in [5.41, 5.74) is 11.1. The first-order valence-corrected chi connectivity index (χ1v) is 2.13. The molecule has 0 amide bonds. The van der Waals surface area contributed by atoms with Crippen molar-refractivity contribution in [1.29, 1.82) is 0 Å². The number of nitrogens with two attached hydrogens (primary N) is 2. The van der Waals surface area contributed by atoms with E-state index in [1.54, 1.807) is 0 Å². The molecule has 42 valence electrons. The average Bonchev–Trinajstić information content (AvgIpc) is 1.68. The van der Waals surface area contributed by atoms with Crippen molar-refractivity contribution in [2.24, 2.45) is 11.5 Å². The molecule has 7 heavy (non-hydrogen) atoms. The Morgan fingerprint density at radius 1 is 1.86 bits per heavy atom. The first-order valence-electron chi connectivity index (χ1n) is 2.13. The molecule has 3 nitrogen and oxygen atoms in total. The lowest BCUT2D eigenvalue weighted by Gasteiger charge is -1.97. The van der Waals surface area contributed by atoms with Gasteiger partial charge in [0.2, 0.25) is 0 Å². The van der Waals surface area contributed by atoms with Gasteiger partial charge in [0.05, 0.1) is 6.67 Å². The van der Waals surface area contributed by atoms with Crippen molar-refractivity contribution in [3.05, 3.63) is 11.9 Å². The molecular weight excluding hydrogens is 90.1 g/mol. The molecule has 0 aliphatic carbocycles. The largest absolute Gasteiger partial charge is 0.403 e. The van der Waals surface area contributed by atoms with Crippen LogP contribution in [0.2, 0.25) is 0 Å². The second kappa shape index (κ2) is 3.49. The zero-order chi connectivity index (χ0) is 5.70. The number of rotatable bonds is 2. The Labute approximate surface area is 43.4 Å². The summed E-state index contributed by atoms with van der Waals surface area (Å²) in [6.45, 7) is 2.30. The van der Waals surface area contributed by atoms with Gasteiger partial charge in [-0.3, -0.25) is 0 Å². The van der Waals surface area contributed by atoms with Crippen molar-refractivity contribution in [1.82, 2.24) is 5.32 Å². The van der Waals surface area contributed by atoms with E-state index in [1.165, 1.54) is 6.20 Å². The van der Waals surface area contributed by atoms with Crippen LogP contribution in [-0.4, -0.2) is 6.67 Å². The molecule has 0 saturated carbocycles. The van der Waals surface area contributed by atoms with Crippen LogP contribution in [0.15, 0.2) is 11.9 Å². The Morgan fingerprint density at radius 2 is 2.43 bits per heavy atom. The van der Waals surface area contributed by atoms with Crippen LogP contribution in [0.4, 0.5) is 0 Å². The van der Waals surface area contributed by atoms with Gasteiger partial charge in [0.1, 0.15) is 0 Å². The molecule has 0 aromatic carbocycles. The molecule has 0 unspecified atom stereocenters. The van der Waals surface area contributed by atoms with Crippen molar-refractivity contribution in [3.63, 3.8) is 0 Å². The van der Waals surface area contributed by atoms with E-state index in [0.29, 0.717) is 6.67 Å². The predicted octanol–water partition coefficient (Wildman–Crippen LogP) is -0.688. The molecule has 0 aromatic heterocycles. The van der Waals surface area contributed by atoms with Gasteiger partial charge in [-0.25, -0.2) is 0 Å². The highest BCUT2D eigenvalue weighted by atomic mass is 15.0. The Bertz CT molecular complexity index is 67.3. The Balaban J connectivity index is 3.17. The third kappa shape index (κ3) is 3.12. The molecule has 0 rings (SSSR count). The first kappa shape index (κ1) is 6.30. The number of hydrogen-bond donors (Lipinski definition) is 3. The van der Waals surface area contributed by atoms with Crippen molar-refractivity contribution >= 4 is 0 Å². The maximum absolute atomic E-state index is 5.10. The Kier molecular flexibility index (Phi) is 3.14. The molecule has 5 N–H and O–H groups in total. The zero-order valence-corrected chi connectivity index (χ0v) is 4.44. The molecule has 0 bridgehead atoms. The fourth-order valence-corrected chi connectivity index (χ4v) is 0.220. The Hall–Kier alpha value is -0.700. The van der Waals surface area contributed by atoms with Crippen LogP contribution in [-0.2, 0) is 0 Å². The molecule has 3 heteroatoms. The summed E-state index contributed by atoms with van der Waals surface area (Å²) in [4.78, 5) is 0. The predicted molar refractivity (Wildman–Crippen MR) is 30.1 cm³/mol. The van der Waals surface area contributed by atoms with Crippen molar-refractivity contribution in [2.45, 2.75) is 6.92 Å². The van der Waals surface area contributed by atoms with Crippen LogP contribution >= 0.6 is 0 Å². The van der Waals surface area contributed by atoms with Crippen molar-refractivity contribution in [2.75, 3.05) is 6.67 Å². The van der Waals surface area contributed by atoms with Gasteiger partial charge in [-0.15, -0.1) is 0 Å². The third-order valence-corrected chi connectivity index (χ3v) is 0.631. The van der Waals surface area contributed by atoms with Crippen LogP contribution in [0.5, 0.6) is 0 Å². The van der Waals surface area contributed by atoms with E-state index in [-0.39, 0.29) is 0 Å². The minimum atomic E-state index is 0.444. The van der Waals surface area contributed by atoms with E-state index in [0.717, 1.165) is 5.70 Å². The van der Waals surface area contributed by atoms with E-state index >= 15 is 0 Å². The maximum Gasteiger partial charge on any atom is 0.0625 e. The second-order valence-electron chi connectivity index (χ2n) is 1.23. The average molecular weight is 101 g/mol. The van der Waals surface area contributed by atoms with Gasteiger partial charge in [-0.05, 0) is 6.92 Å². The van der Waals surface area contributed by atoms with E-state index in [1.807, 2.05) is 6.92 Å². The van der Waals surface area contributed by atoms with Crippen LogP contribution in [0.1, 0.15) is 6.92 Å². The van der Waals surface area contributed by atoms with Gasteiger partial charge in [0.15, 0.2) is 0 Å². The van der Waals surface area contributed by atoms with E-state index in [2.05, 4.69) is 5.32 Å². The highest BCUT2D eigenvalue weighted by Gasteiger charge is 1.75. The SMILES string of the molecule is C/C(=C/N)NCN. The first-order chi connectivity index (χ1) is 3.31. The fraction of sp³-hybridized carbons (Fsp3) is 0.500. The lowest BCUT2D eigenvalue weighted by atomic mass is 10.5. The normalized spacial score (nSPS) is 11.4. The molecule has 0 radical (unpaired) electrons. The molecule has 0 aliphatic heterocycles. The topological polar surface area (TPSA) is 64.1 Å². The summed E-state index contributed by atoms with van der Waals surface area (Å²) in [5.74, 6) is 0. The summed E-state index contributed by atoms with van der Waals surface area (Å²) < 4.78 is 0. The van der Waals surface area contributed by atoms with E-state index in [9.17, 15) is 0 Å². The monoisotopic (exact) mass is 101 g/mol. The number of hydrogen-bond acceptors (Lipinski definition) is 3. The fourth-order valence-electron chi connectivity index (χ4n) is 0.220. The Morgan fingerprint density at radius 3 is 2.57 bits per heavy atom. The number of nitrogens with one attached hydrogen (secondary N) is 1. The van der Waals surface area contributed by atoms with Gasteiger partial charge < -0.3 is 16.8 Å². The highest BCUT2D eigenvalue weighted by molar-refractivity contribution is 4.90. The second-order valence-corrected chi connectivity index (χ2v) is 1.23. The standard InChI is InChI=1S/C4H11N3/c1-4(2-5)7-3-6/h2,7H,3,5-6H2,1H3/b4-2-. The van der Waals surface area contributed by atoms with Crippen molar-refractivity contribution in [3.8, 4) is 0 Å². The van der Waals surface area contributed by atoms with Crippen LogP contribution in [0.3, 0.4) is 0 Å². The molecular formula is C4H11N3. The zero-order valence-electron chi connectivity index (χ0n) is 4.44. The van der Waals surface area contributed by atoms with Gasteiger partial charge >= 0.3 is 0 Å². The molecule has 0 atom stereocenters. The van der Waals surface area contributed by atoms with E-state index < -0.39 is 0 Å². The molecule has 0 spiro atoms. The van der Waals surface area contributed by atoms with Gasteiger partial charge in [0, 0.05) is 11.9 Å². The van der Waals surface area contributed by atoms with Gasteiger partial charge in [-0.1, -0.05) is 0 Å². The smallest absolute Gasteiger partial charge is 0.0625 e. The quantitative estimate of drug-likeness (QED) is 0.403. The van der Waals surface area contributed by atoms with Gasteiger partial charge in [0.25, 0.3) is 0 Å². The highest BCUT2D eigenvalue weighted by Crippen LogP contribution is 1.74. The lowest BCUT2D eigenvalue weighted by molar-refractivity contribution is 0.823. The van der Waals surface area contributed by atoms with E-state index in [4.69, 9.17) is 11.5 Å². The molecule has 0 fully saturated rings. The minimum Gasteiger partial charge on any atom is -0.403 e. The summed E-state index contributed by atoms with van der Waals surface area (Å²) in [6.07, 6.45) is 1.48. The molecule has 0 aromatic rings. The van der Waals surface area contributed by atoms with Crippen LogP contribution in [0, 0.1) is 0 Å². The molecule has 0 saturated heterocycles. The van der Waals surface area contributed by atoms with Gasteiger partial charge in [-0.2, -0.15) is 0 Å². The van der Waals surface area contributed by atoms with Crippen LogP contribution in [0.25, 0.3) is 0 Å². The minimum absolute atomic E-state index is 0.444. The van der Waals surface area contributed by atoms with Crippen molar-refractivity contribution < 1.29 is 0 Å². The number of allylic oxidation sites excluding steroid dienone is 1.